The van der Waals surface area contributed by atoms with Gasteiger partial charge in [-0.2, -0.15) is 0 Å². The molecule has 0 aromatic carbocycles. The zero-order chi connectivity index (χ0) is 14.9. The minimum Gasteiger partial charge on any atom is -0.463 e. The summed E-state index contributed by atoms with van der Waals surface area (Å²) in [5.74, 6) is 2.27. The Balaban J connectivity index is 1.52. The lowest BCUT2D eigenvalue weighted by molar-refractivity contribution is 0.103. The van der Waals surface area contributed by atoms with Gasteiger partial charge in [-0.15, -0.1) is 0 Å². The molecule has 0 amide bonds. The highest BCUT2D eigenvalue weighted by atomic mass is 16.3. The summed E-state index contributed by atoms with van der Waals surface area (Å²) in [5.41, 5.74) is 1.86. The van der Waals surface area contributed by atoms with Crippen LogP contribution in [0.3, 0.4) is 0 Å². The van der Waals surface area contributed by atoms with Crippen molar-refractivity contribution in [1.82, 2.24) is 10.2 Å². The third-order valence-corrected chi connectivity index (χ3v) is 5.50. The van der Waals surface area contributed by atoms with Gasteiger partial charge in [0.25, 0.3) is 0 Å². The van der Waals surface area contributed by atoms with Crippen LogP contribution in [0, 0.1) is 12.3 Å². The van der Waals surface area contributed by atoms with E-state index in [4.69, 9.17) is 4.42 Å². The van der Waals surface area contributed by atoms with Crippen LogP contribution in [0.2, 0.25) is 0 Å². The quantitative estimate of drug-likeness (QED) is 0.862. The minimum atomic E-state index is 0.564. The molecule has 0 radical (unpaired) electrons. The number of aryl methyl sites for hydroxylation is 1. The minimum absolute atomic E-state index is 0.564. The summed E-state index contributed by atoms with van der Waals surface area (Å²) < 4.78 is 6.07. The molecule has 1 N–H and O–H groups in total. The Hall–Kier alpha value is -0.800. The van der Waals surface area contributed by atoms with Crippen LogP contribution < -0.4 is 5.32 Å². The molecule has 1 saturated heterocycles. The second kappa shape index (κ2) is 6.13. The second-order valence-corrected chi connectivity index (χ2v) is 7.41. The summed E-state index contributed by atoms with van der Waals surface area (Å²) in [7, 11) is 0. The fourth-order valence-corrected chi connectivity index (χ4v) is 3.19. The van der Waals surface area contributed by atoms with E-state index in [9.17, 15) is 0 Å². The molecule has 3 nitrogen and oxygen atoms in total. The van der Waals surface area contributed by atoms with Gasteiger partial charge in [-0.05, 0) is 62.7 Å². The molecule has 1 aromatic heterocycles. The topological polar surface area (TPSA) is 28.4 Å². The molecule has 2 fully saturated rings. The maximum Gasteiger partial charge on any atom is 0.120 e. The summed E-state index contributed by atoms with van der Waals surface area (Å²) in [6.07, 6.45) is 6.60. The number of piperidine rings is 1. The molecule has 3 rings (SSSR count). The zero-order valence-corrected chi connectivity index (χ0v) is 13.9. The van der Waals surface area contributed by atoms with Crippen LogP contribution in [0.4, 0.5) is 0 Å². The van der Waals surface area contributed by atoms with Crippen molar-refractivity contribution in [3.8, 4) is 0 Å². The predicted octanol–water partition coefficient (Wildman–Crippen LogP) is 3.85. The summed E-state index contributed by atoms with van der Waals surface area (Å²) in [6, 6.07) is 2.98. The first-order valence-corrected chi connectivity index (χ1v) is 8.62. The Morgan fingerprint density at radius 2 is 2.05 bits per heavy atom. The van der Waals surface area contributed by atoms with Crippen molar-refractivity contribution in [2.75, 3.05) is 13.1 Å². The SMILES string of the molecule is CCC1(C)CCN(Cc2cc(C)c(CNC3CC3)o2)CC1. The van der Waals surface area contributed by atoms with Gasteiger partial charge in [0.05, 0.1) is 13.1 Å². The Morgan fingerprint density at radius 3 is 2.67 bits per heavy atom. The van der Waals surface area contributed by atoms with E-state index in [2.05, 4.69) is 37.1 Å². The van der Waals surface area contributed by atoms with Gasteiger partial charge in [0.15, 0.2) is 0 Å². The Labute approximate surface area is 129 Å². The molecular formula is C18H30N2O. The Morgan fingerprint density at radius 1 is 1.33 bits per heavy atom. The van der Waals surface area contributed by atoms with Crippen molar-refractivity contribution in [2.24, 2.45) is 5.41 Å². The molecule has 0 bridgehead atoms. The van der Waals surface area contributed by atoms with E-state index in [-0.39, 0.29) is 0 Å². The van der Waals surface area contributed by atoms with E-state index in [0.29, 0.717) is 5.41 Å². The third-order valence-electron chi connectivity index (χ3n) is 5.50. The number of nitrogens with zero attached hydrogens (tertiary/aromatic N) is 1. The predicted molar refractivity (Wildman–Crippen MR) is 86.2 cm³/mol. The largest absolute Gasteiger partial charge is 0.463 e. The van der Waals surface area contributed by atoms with Crippen LogP contribution in [0.25, 0.3) is 0 Å². The highest BCUT2D eigenvalue weighted by Gasteiger charge is 2.28. The van der Waals surface area contributed by atoms with Crippen LogP contribution in [-0.4, -0.2) is 24.0 Å². The van der Waals surface area contributed by atoms with Crippen molar-refractivity contribution in [3.63, 3.8) is 0 Å². The molecule has 0 unspecified atom stereocenters. The molecular weight excluding hydrogens is 260 g/mol. The van der Waals surface area contributed by atoms with E-state index in [1.807, 2.05) is 0 Å². The van der Waals surface area contributed by atoms with Crippen LogP contribution in [0.15, 0.2) is 10.5 Å². The number of likely N-dealkylation sites (tertiary alicyclic amines) is 1. The molecule has 1 aromatic rings. The van der Waals surface area contributed by atoms with Crippen molar-refractivity contribution in [3.05, 3.63) is 23.2 Å². The fourth-order valence-electron chi connectivity index (χ4n) is 3.19. The molecule has 118 valence electrons. The molecule has 0 atom stereocenters. The molecule has 2 heterocycles. The van der Waals surface area contributed by atoms with Gasteiger partial charge in [-0.3, -0.25) is 4.90 Å². The maximum absolute atomic E-state index is 6.07. The number of hydrogen-bond acceptors (Lipinski definition) is 3. The average Bonchev–Trinajstić information content (AvgIpc) is 3.24. The van der Waals surface area contributed by atoms with E-state index < -0.39 is 0 Å². The molecule has 0 spiro atoms. The number of nitrogens with one attached hydrogen (secondary N) is 1. The summed E-state index contributed by atoms with van der Waals surface area (Å²) >= 11 is 0. The van der Waals surface area contributed by atoms with Gasteiger partial charge in [0, 0.05) is 6.04 Å². The standard InChI is InChI=1S/C18H30N2O/c1-4-18(3)7-9-20(10-8-18)13-16-11-14(2)17(21-16)12-19-15-5-6-15/h11,15,19H,4-10,12-13H2,1-3H3. The molecule has 1 aliphatic carbocycles. The van der Waals surface area contributed by atoms with Crippen LogP contribution in [-0.2, 0) is 13.1 Å². The second-order valence-electron chi connectivity index (χ2n) is 7.41. The number of rotatable bonds is 6. The van der Waals surface area contributed by atoms with Crippen molar-refractivity contribution in [1.29, 1.82) is 0 Å². The van der Waals surface area contributed by atoms with Crippen molar-refractivity contribution < 1.29 is 4.42 Å². The highest BCUT2D eigenvalue weighted by molar-refractivity contribution is 5.20. The normalized spacial score (nSPS) is 22.6. The molecule has 1 aliphatic heterocycles. The van der Waals surface area contributed by atoms with E-state index in [1.54, 1.807) is 0 Å². The van der Waals surface area contributed by atoms with Gasteiger partial charge >= 0.3 is 0 Å². The van der Waals surface area contributed by atoms with Gasteiger partial charge in [0.1, 0.15) is 11.5 Å². The average molecular weight is 290 g/mol. The van der Waals surface area contributed by atoms with Crippen LogP contribution >= 0.6 is 0 Å². The van der Waals surface area contributed by atoms with E-state index in [1.165, 1.54) is 50.8 Å². The van der Waals surface area contributed by atoms with Crippen LogP contribution in [0.5, 0.6) is 0 Å². The Bertz CT molecular complexity index is 468. The van der Waals surface area contributed by atoms with E-state index in [0.717, 1.165) is 30.7 Å². The lowest BCUT2D eigenvalue weighted by Gasteiger charge is -2.38. The van der Waals surface area contributed by atoms with Gasteiger partial charge in [0.2, 0.25) is 0 Å². The summed E-state index contributed by atoms with van der Waals surface area (Å²) in [5, 5.41) is 3.54. The summed E-state index contributed by atoms with van der Waals surface area (Å²) in [6.45, 7) is 11.2. The summed E-state index contributed by atoms with van der Waals surface area (Å²) in [4.78, 5) is 2.55. The smallest absolute Gasteiger partial charge is 0.120 e. The van der Waals surface area contributed by atoms with Crippen molar-refractivity contribution in [2.45, 2.75) is 72.0 Å². The first-order valence-electron chi connectivity index (χ1n) is 8.62. The molecule has 3 heteroatoms. The van der Waals surface area contributed by atoms with Crippen LogP contribution in [0.1, 0.15) is 63.0 Å². The third kappa shape index (κ3) is 3.89. The highest BCUT2D eigenvalue weighted by Crippen LogP contribution is 2.34. The molecule has 2 aliphatic rings. The Kier molecular flexibility index (Phi) is 4.41. The van der Waals surface area contributed by atoms with Gasteiger partial charge in [-0.25, -0.2) is 0 Å². The fraction of sp³-hybridized carbons (Fsp3) is 0.778. The van der Waals surface area contributed by atoms with Gasteiger partial charge in [-0.1, -0.05) is 20.3 Å². The molecule has 21 heavy (non-hydrogen) atoms. The number of hydrogen-bond donors (Lipinski definition) is 1. The van der Waals surface area contributed by atoms with Gasteiger partial charge < -0.3 is 9.73 Å². The first kappa shape index (κ1) is 15.1. The lowest BCUT2D eigenvalue weighted by Crippen LogP contribution is -2.37. The monoisotopic (exact) mass is 290 g/mol. The number of furan rings is 1. The zero-order valence-electron chi connectivity index (χ0n) is 13.9. The van der Waals surface area contributed by atoms with E-state index >= 15 is 0 Å². The lowest BCUT2D eigenvalue weighted by atomic mass is 9.78. The van der Waals surface area contributed by atoms with Crippen molar-refractivity contribution >= 4 is 0 Å². The molecule has 1 saturated carbocycles. The maximum atomic E-state index is 6.07. The first-order chi connectivity index (χ1) is 10.1.